The molecule has 184 valence electrons. The van der Waals surface area contributed by atoms with Gasteiger partial charge >= 0.3 is 0 Å². The number of amides is 2. The minimum absolute atomic E-state index is 0.0420. The molecule has 0 spiro atoms. The van der Waals surface area contributed by atoms with Gasteiger partial charge in [-0.25, -0.2) is 0 Å². The first kappa shape index (κ1) is 27.5. The van der Waals surface area contributed by atoms with Crippen molar-refractivity contribution in [1.82, 2.24) is 10.2 Å². The van der Waals surface area contributed by atoms with E-state index >= 15 is 0 Å². The summed E-state index contributed by atoms with van der Waals surface area (Å²) in [5.41, 5.74) is 3.16. The van der Waals surface area contributed by atoms with E-state index in [1.807, 2.05) is 73.7 Å². The molecule has 0 saturated carbocycles. The molecule has 0 radical (unpaired) electrons. The number of hydrogen-bond donors (Lipinski definition) is 1. The van der Waals surface area contributed by atoms with Crippen LogP contribution in [0.4, 0.5) is 0 Å². The van der Waals surface area contributed by atoms with Crippen molar-refractivity contribution in [2.24, 2.45) is 0 Å². The summed E-state index contributed by atoms with van der Waals surface area (Å²) in [6.07, 6.45) is 1.31. The van der Waals surface area contributed by atoms with Crippen molar-refractivity contribution < 1.29 is 9.59 Å². The smallest absolute Gasteiger partial charge is 0.243 e. The molecule has 35 heavy (non-hydrogen) atoms. The molecular formula is C28H30Br2N2O2S. The van der Waals surface area contributed by atoms with Gasteiger partial charge in [0.05, 0.1) is 5.75 Å². The first-order chi connectivity index (χ1) is 17.0. The lowest BCUT2D eigenvalue weighted by atomic mass is 10.0. The van der Waals surface area contributed by atoms with Crippen molar-refractivity contribution in [2.75, 3.05) is 12.3 Å². The molecule has 0 aliphatic carbocycles. The lowest BCUT2D eigenvalue weighted by Gasteiger charge is -2.31. The zero-order chi connectivity index (χ0) is 25.0. The van der Waals surface area contributed by atoms with Gasteiger partial charge in [0.25, 0.3) is 0 Å². The topological polar surface area (TPSA) is 49.4 Å². The van der Waals surface area contributed by atoms with Gasteiger partial charge < -0.3 is 10.2 Å². The Balaban J connectivity index is 1.82. The van der Waals surface area contributed by atoms with Gasteiger partial charge in [-0.3, -0.25) is 9.59 Å². The van der Waals surface area contributed by atoms with Crippen LogP contribution >= 0.6 is 43.6 Å². The zero-order valence-electron chi connectivity index (χ0n) is 19.8. The summed E-state index contributed by atoms with van der Waals surface area (Å²) in [6, 6.07) is 25.3. The summed E-state index contributed by atoms with van der Waals surface area (Å²) in [4.78, 5) is 28.6. The molecule has 3 rings (SSSR count). The van der Waals surface area contributed by atoms with E-state index in [2.05, 4.69) is 49.3 Å². The largest absolute Gasteiger partial charge is 0.354 e. The van der Waals surface area contributed by atoms with E-state index in [9.17, 15) is 9.59 Å². The number of carbonyl (C=O) groups is 2. The van der Waals surface area contributed by atoms with Gasteiger partial charge in [0.1, 0.15) is 6.04 Å². The maximum Gasteiger partial charge on any atom is 0.243 e. The molecule has 0 fully saturated rings. The molecule has 7 heteroatoms. The van der Waals surface area contributed by atoms with Crippen LogP contribution in [0, 0.1) is 0 Å². The predicted molar refractivity (Wildman–Crippen MR) is 152 cm³/mol. The molecule has 0 saturated heterocycles. The highest BCUT2D eigenvalue weighted by Gasteiger charge is 2.30. The zero-order valence-corrected chi connectivity index (χ0v) is 23.7. The number of nitrogens with one attached hydrogen (secondary N) is 1. The van der Waals surface area contributed by atoms with Gasteiger partial charge in [-0.05, 0) is 47.4 Å². The van der Waals surface area contributed by atoms with E-state index in [4.69, 9.17) is 0 Å². The van der Waals surface area contributed by atoms with Crippen LogP contribution in [0.3, 0.4) is 0 Å². The Morgan fingerprint density at radius 2 is 1.60 bits per heavy atom. The normalized spacial score (nSPS) is 11.6. The van der Waals surface area contributed by atoms with E-state index in [0.717, 1.165) is 37.8 Å². The number of benzene rings is 3. The molecule has 0 aromatic heterocycles. The number of carbonyl (C=O) groups excluding carboxylic acids is 2. The molecule has 0 bridgehead atoms. The molecule has 0 aliphatic heterocycles. The Labute approximate surface area is 229 Å². The number of thioether (sulfide) groups is 1. The summed E-state index contributed by atoms with van der Waals surface area (Å²) in [5.74, 6) is 0.877. The molecule has 0 unspecified atom stereocenters. The number of halogens is 2. The maximum atomic E-state index is 13.6. The van der Waals surface area contributed by atoms with Gasteiger partial charge in [-0.2, -0.15) is 0 Å². The lowest BCUT2D eigenvalue weighted by Crippen LogP contribution is -2.51. The molecule has 3 aromatic rings. The minimum Gasteiger partial charge on any atom is -0.354 e. The summed E-state index contributed by atoms with van der Waals surface area (Å²) >= 11 is 8.55. The molecule has 1 atom stereocenters. The standard InChI is InChI=1S/C28H30Br2N2O2S/c1-2-15-31-28(34)26(17-21-7-4-3-5-8-21)32(18-23-9-6-10-25(30)16-23)27(33)20-35-19-22-11-13-24(29)14-12-22/h3-14,16,26H,2,15,17-20H2,1H3,(H,31,34)/t26-/m1/s1. The summed E-state index contributed by atoms with van der Waals surface area (Å²) in [5, 5.41) is 3.02. The highest BCUT2D eigenvalue weighted by Crippen LogP contribution is 2.21. The van der Waals surface area contributed by atoms with Crippen LogP contribution in [-0.4, -0.2) is 35.1 Å². The first-order valence-electron chi connectivity index (χ1n) is 11.6. The summed E-state index contributed by atoms with van der Waals surface area (Å²) < 4.78 is 1.98. The Morgan fingerprint density at radius 3 is 2.29 bits per heavy atom. The fourth-order valence-corrected chi connectivity index (χ4v) is 5.25. The summed E-state index contributed by atoms with van der Waals surface area (Å²) in [6.45, 7) is 2.98. The Hall–Kier alpha value is -2.09. The van der Waals surface area contributed by atoms with Crippen molar-refractivity contribution in [3.8, 4) is 0 Å². The van der Waals surface area contributed by atoms with E-state index in [1.54, 1.807) is 16.7 Å². The van der Waals surface area contributed by atoms with Crippen LogP contribution < -0.4 is 5.32 Å². The van der Waals surface area contributed by atoms with Crippen LogP contribution in [0.1, 0.15) is 30.0 Å². The Bertz CT molecular complexity index is 1090. The summed E-state index contributed by atoms with van der Waals surface area (Å²) in [7, 11) is 0. The highest BCUT2D eigenvalue weighted by atomic mass is 79.9. The number of rotatable bonds is 12. The molecule has 2 amide bonds. The second-order valence-corrected chi connectivity index (χ2v) is 11.1. The van der Waals surface area contributed by atoms with Crippen LogP contribution in [0.5, 0.6) is 0 Å². The Kier molecular flexibility index (Phi) is 11.4. The van der Waals surface area contributed by atoms with E-state index in [1.165, 1.54) is 0 Å². The van der Waals surface area contributed by atoms with Crippen molar-refractivity contribution in [2.45, 2.75) is 38.1 Å². The molecule has 0 heterocycles. The maximum absolute atomic E-state index is 13.6. The second-order valence-electron chi connectivity index (χ2n) is 8.27. The fourth-order valence-electron chi connectivity index (χ4n) is 3.67. The van der Waals surface area contributed by atoms with Crippen LogP contribution in [-0.2, 0) is 28.3 Å². The number of nitrogens with zero attached hydrogens (tertiary/aromatic N) is 1. The van der Waals surface area contributed by atoms with Gasteiger partial charge in [0.15, 0.2) is 0 Å². The second kappa shape index (κ2) is 14.5. The van der Waals surface area contributed by atoms with Gasteiger partial charge in [-0.1, -0.05) is 93.4 Å². The number of hydrogen-bond acceptors (Lipinski definition) is 3. The third kappa shape index (κ3) is 9.13. The third-order valence-corrected chi connectivity index (χ3v) is 7.48. The molecular weight excluding hydrogens is 588 g/mol. The average Bonchev–Trinajstić information content (AvgIpc) is 2.86. The van der Waals surface area contributed by atoms with Crippen molar-refractivity contribution >= 4 is 55.4 Å². The molecule has 4 nitrogen and oxygen atoms in total. The van der Waals surface area contributed by atoms with Gasteiger partial charge in [-0.15, -0.1) is 11.8 Å². The van der Waals surface area contributed by atoms with E-state index in [0.29, 0.717) is 25.3 Å². The van der Waals surface area contributed by atoms with Crippen LogP contribution in [0.2, 0.25) is 0 Å². The van der Waals surface area contributed by atoms with E-state index in [-0.39, 0.29) is 11.8 Å². The first-order valence-corrected chi connectivity index (χ1v) is 14.4. The quantitative estimate of drug-likeness (QED) is 0.249. The van der Waals surface area contributed by atoms with Gasteiger partial charge in [0, 0.05) is 34.2 Å². The molecule has 3 aromatic carbocycles. The molecule has 0 aliphatic rings. The third-order valence-electron chi connectivity index (χ3n) is 5.47. The minimum atomic E-state index is -0.594. The van der Waals surface area contributed by atoms with Crippen LogP contribution in [0.25, 0.3) is 0 Å². The monoisotopic (exact) mass is 616 g/mol. The SMILES string of the molecule is CCCNC(=O)[C@@H](Cc1ccccc1)N(Cc1cccc(Br)c1)C(=O)CSCc1ccc(Br)cc1. The van der Waals surface area contributed by atoms with Crippen molar-refractivity contribution in [3.63, 3.8) is 0 Å². The van der Waals surface area contributed by atoms with Crippen molar-refractivity contribution in [1.29, 1.82) is 0 Å². The van der Waals surface area contributed by atoms with Crippen molar-refractivity contribution in [3.05, 3.63) is 104 Å². The fraction of sp³-hybridized carbons (Fsp3) is 0.286. The average molecular weight is 618 g/mol. The highest BCUT2D eigenvalue weighted by molar-refractivity contribution is 9.10. The van der Waals surface area contributed by atoms with Gasteiger partial charge in [0.2, 0.25) is 11.8 Å². The Morgan fingerprint density at radius 1 is 0.886 bits per heavy atom. The van der Waals surface area contributed by atoms with E-state index < -0.39 is 6.04 Å². The predicted octanol–water partition coefficient (Wildman–Crippen LogP) is 6.61. The lowest BCUT2D eigenvalue weighted by molar-refractivity contribution is -0.139. The van der Waals surface area contributed by atoms with Crippen LogP contribution in [0.15, 0.2) is 87.8 Å². The molecule has 1 N–H and O–H groups in total.